The lowest BCUT2D eigenvalue weighted by Crippen LogP contribution is -2.20. The Bertz CT molecular complexity index is 106. The van der Waals surface area contributed by atoms with Crippen molar-refractivity contribution in [2.75, 3.05) is 7.05 Å². The molecule has 2 heteroatoms. The van der Waals surface area contributed by atoms with Crippen molar-refractivity contribution in [2.45, 2.75) is 33.7 Å². The Morgan fingerprint density at radius 2 is 1.70 bits per heavy atom. The molecule has 0 radical (unpaired) electrons. The van der Waals surface area contributed by atoms with Crippen LogP contribution in [-0.2, 0) is 0 Å². The van der Waals surface area contributed by atoms with Crippen LogP contribution in [0.15, 0.2) is 5.10 Å². The van der Waals surface area contributed by atoms with Crippen molar-refractivity contribution >= 4 is 6.21 Å². The molecule has 0 rings (SSSR count). The molecule has 0 aliphatic rings. The molecule has 0 N–H and O–H groups in total. The highest BCUT2D eigenvalue weighted by molar-refractivity contribution is 5.59. The van der Waals surface area contributed by atoms with Crippen molar-refractivity contribution in [3.8, 4) is 0 Å². The fourth-order valence-electron chi connectivity index (χ4n) is 0.372. The summed E-state index contributed by atoms with van der Waals surface area (Å²) in [7, 11) is 1.99. The molecule has 0 unspecified atom stereocenters. The Morgan fingerprint density at radius 1 is 1.20 bits per heavy atom. The van der Waals surface area contributed by atoms with E-state index in [-0.39, 0.29) is 0 Å². The van der Waals surface area contributed by atoms with Gasteiger partial charge in [-0.15, -0.1) is 0 Å². The molecule has 0 atom stereocenters. The van der Waals surface area contributed by atoms with Crippen LogP contribution in [0.5, 0.6) is 0 Å². The molecular weight excluding hydrogens is 124 g/mol. The molecule has 0 aromatic rings. The Hall–Kier alpha value is -0.530. The second-order valence-electron chi connectivity index (χ2n) is 3.18. The number of nitrogens with zero attached hydrogens (tertiary/aromatic N) is 2. The second-order valence-corrected chi connectivity index (χ2v) is 3.18. The standard InChI is InChI=1S/C8H18N2/c1-7(2)6-9-10(5)8(3)4/h6-8H,1-5H3/b9-6+. The topological polar surface area (TPSA) is 15.6 Å². The van der Waals surface area contributed by atoms with Crippen molar-refractivity contribution in [3.05, 3.63) is 0 Å². The van der Waals surface area contributed by atoms with Crippen LogP contribution in [0.4, 0.5) is 0 Å². The third kappa shape index (κ3) is 4.36. The number of hydrazone groups is 1. The summed E-state index contributed by atoms with van der Waals surface area (Å²) in [6, 6.07) is 0.495. The Labute approximate surface area is 63.9 Å². The average Bonchev–Trinajstić information content (AvgIpc) is 1.82. The van der Waals surface area contributed by atoms with Gasteiger partial charge in [-0.2, -0.15) is 5.10 Å². The average molecular weight is 142 g/mol. The number of rotatable bonds is 3. The van der Waals surface area contributed by atoms with Gasteiger partial charge in [-0.1, -0.05) is 13.8 Å². The Balaban J connectivity index is 3.66. The molecule has 0 saturated carbocycles. The van der Waals surface area contributed by atoms with E-state index in [0.717, 1.165) is 0 Å². The van der Waals surface area contributed by atoms with Gasteiger partial charge in [0.15, 0.2) is 0 Å². The minimum absolute atomic E-state index is 0.495. The van der Waals surface area contributed by atoms with E-state index in [2.05, 4.69) is 32.8 Å². The minimum Gasteiger partial charge on any atom is -0.298 e. The predicted molar refractivity (Wildman–Crippen MR) is 46.2 cm³/mol. The van der Waals surface area contributed by atoms with Crippen molar-refractivity contribution in [1.29, 1.82) is 0 Å². The molecule has 0 fully saturated rings. The summed E-state index contributed by atoms with van der Waals surface area (Å²) in [6.45, 7) is 8.49. The zero-order valence-electron chi connectivity index (χ0n) is 7.63. The van der Waals surface area contributed by atoms with Gasteiger partial charge in [-0.25, -0.2) is 0 Å². The van der Waals surface area contributed by atoms with Crippen LogP contribution < -0.4 is 0 Å². The van der Waals surface area contributed by atoms with Gasteiger partial charge in [0.25, 0.3) is 0 Å². The molecule has 2 nitrogen and oxygen atoms in total. The van der Waals surface area contributed by atoms with Gasteiger partial charge >= 0.3 is 0 Å². The van der Waals surface area contributed by atoms with Crippen molar-refractivity contribution in [3.63, 3.8) is 0 Å². The quantitative estimate of drug-likeness (QED) is 0.434. The smallest absolute Gasteiger partial charge is 0.0410 e. The van der Waals surface area contributed by atoms with Crippen molar-refractivity contribution in [2.24, 2.45) is 11.0 Å². The van der Waals surface area contributed by atoms with E-state index in [4.69, 9.17) is 0 Å². The molecule has 0 aliphatic heterocycles. The molecule has 0 amide bonds. The van der Waals surface area contributed by atoms with E-state index in [0.29, 0.717) is 12.0 Å². The summed E-state index contributed by atoms with van der Waals surface area (Å²) in [5.41, 5.74) is 0. The third-order valence-electron chi connectivity index (χ3n) is 1.29. The summed E-state index contributed by atoms with van der Waals surface area (Å²) in [6.07, 6.45) is 1.96. The third-order valence-corrected chi connectivity index (χ3v) is 1.29. The highest BCUT2D eigenvalue weighted by Gasteiger charge is 1.96. The maximum atomic E-state index is 4.23. The second kappa shape index (κ2) is 4.31. The van der Waals surface area contributed by atoms with E-state index >= 15 is 0 Å². The summed E-state index contributed by atoms with van der Waals surface area (Å²) >= 11 is 0. The molecule has 0 aliphatic carbocycles. The van der Waals surface area contributed by atoms with Gasteiger partial charge in [0, 0.05) is 19.3 Å². The zero-order chi connectivity index (χ0) is 8.15. The first-order valence-corrected chi connectivity index (χ1v) is 3.81. The van der Waals surface area contributed by atoms with Gasteiger partial charge < -0.3 is 0 Å². The zero-order valence-corrected chi connectivity index (χ0v) is 7.63. The normalized spacial score (nSPS) is 11.9. The van der Waals surface area contributed by atoms with Gasteiger partial charge in [0.2, 0.25) is 0 Å². The SMILES string of the molecule is CC(C)/C=N/N(C)C(C)C. The lowest BCUT2D eigenvalue weighted by Gasteiger charge is -2.16. The summed E-state index contributed by atoms with van der Waals surface area (Å²) in [5.74, 6) is 0.543. The number of hydrogen-bond donors (Lipinski definition) is 0. The summed E-state index contributed by atoms with van der Waals surface area (Å²) in [5, 5.41) is 6.19. The molecule has 10 heavy (non-hydrogen) atoms. The fourth-order valence-corrected chi connectivity index (χ4v) is 0.372. The molecular formula is C8H18N2. The van der Waals surface area contributed by atoms with Crippen LogP contribution in [0.2, 0.25) is 0 Å². The molecule has 0 saturated heterocycles. The molecule has 0 heterocycles. The van der Waals surface area contributed by atoms with Crippen LogP contribution >= 0.6 is 0 Å². The highest BCUT2D eigenvalue weighted by atomic mass is 15.4. The molecule has 0 aromatic heterocycles. The molecule has 0 bridgehead atoms. The van der Waals surface area contributed by atoms with E-state index in [1.54, 1.807) is 0 Å². The van der Waals surface area contributed by atoms with Crippen LogP contribution in [0.25, 0.3) is 0 Å². The maximum Gasteiger partial charge on any atom is 0.0410 e. The number of hydrogen-bond acceptors (Lipinski definition) is 2. The Morgan fingerprint density at radius 3 is 2.00 bits per heavy atom. The van der Waals surface area contributed by atoms with E-state index in [9.17, 15) is 0 Å². The first-order valence-electron chi connectivity index (χ1n) is 3.81. The Kier molecular flexibility index (Phi) is 4.08. The molecule has 0 spiro atoms. The molecule has 0 aromatic carbocycles. The lowest BCUT2D eigenvalue weighted by molar-refractivity contribution is 0.289. The summed E-state index contributed by atoms with van der Waals surface area (Å²) < 4.78 is 0. The summed E-state index contributed by atoms with van der Waals surface area (Å²) in [4.78, 5) is 0. The van der Waals surface area contributed by atoms with Gasteiger partial charge in [0.1, 0.15) is 0 Å². The van der Waals surface area contributed by atoms with Gasteiger partial charge in [-0.05, 0) is 19.8 Å². The fraction of sp³-hybridized carbons (Fsp3) is 0.875. The first-order chi connectivity index (χ1) is 4.54. The first kappa shape index (κ1) is 9.47. The predicted octanol–water partition coefficient (Wildman–Crippen LogP) is 1.97. The highest BCUT2D eigenvalue weighted by Crippen LogP contribution is 1.94. The van der Waals surface area contributed by atoms with Crippen LogP contribution in [-0.4, -0.2) is 24.3 Å². The van der Waals surface area contributed by atoms with E-state index in [1.165, 1.54) is 0 Å². The van der Waals surface area contributed by atoms with E-state index < -0.39 is 0 Å². The van der Waals surface area contributed by atoms with Crippen LogP contribution in [0.3, 0.4) is 0 Å². The van der Waals surface area contributed by atoms with E-state index in [1.807, 2.05) is 18.3 Å². The molecule has 60 valence electrons. The van der Waals surface area contributed by atoms with Crippen LogP contribution in [0, 0.1) is 5.92 Å². The van der Waals surface area contributed by atoms with Crippen molar-refractivity contribution in [1.82, 2.24) is 5.01 Å². The minimum atomic E-state index is 0.495. The van der Waals surface area contributed by atoms with Gasteiger partial charge in [0.05, 0.1) is 0 Å². The largest absolute Gasteiger partial charge is 0.298 e. The van der Waals surface area contributed by atoms with Gasteiger partial charge in [-0.3, -0.25) is 5.01 Å². The maximum absolute atomic E-state index is 4.23. The van der Waals surface area contributed by atoms with Crippen LogP contribution in [0.1, 0.15) is 27.7 Å². The lowest BCUT2D eigenvalue weighted by atomic mass is 10.3. The monoisotopic (exact) mass is 142 g/mol. The van der Waals surface area contributed by atoms with Crippen molar-refractivity contribution < 1.29 is 0 Å².